The Labute approximate surface area is 120 Å². The van der Waals surface area contributed by atoms with Gasteiger partial charge in [0.1, 0.15) is 5.75 Å². The van der Waals surface area contributed by atoms with Crippen LogP contribution in [0.15, 0.2) is 24.3 Å². The summed E-state index contributed by atoms with van der Waals surface area (Å²) >= 11 is 0. The van der Waals surface area contributed by atoms with Crippen molar-refractivity contribution < 1.29 is 9.53 Å². The number of urea groups is 1. The summed E-state index contributed by atoms with van der Waals surface area (Å²) < 4.78 is 5.12. The summed E-state index contributed by atoms with van der Waals surface area (Å²) in [6.07, 6.45) is 0.828. The van der Waals surface area contributed by atoms with Gasteiger partial charge in [-0.3, -0.25) is 0 Å². The van der Waals surface area contributed by atoms with Gasteiger partial charge in [-0.2, -0.15) is 0 Å². The molecule has 0 spiro atoms. The van der Waals surface area contributed by atoms with Crippen molar-refractivity contribution in [3.8, 4) is 5.75 Å². The third-order valence-electron chi connectivity index (χ3n) is 3.05. The molecule has 1 aromatic rings. The van der Waals surface area contributed by atoms with E-state index in [-0.39, 0.29) is 6.03 Å². The minimum Gasteiger partial charge on any atom is -0.497 e. The largest absolute Gasteiger partial charge is 0.497 e. The number of carbonyl (C=O) groups excluding carboxylic acids is 1. The van der Waals surface area contributed by atoms with Crippen LogP contribution < -0.4 is 21.1 Å². The average molecular weight is 279 g/mol. The van der Waals surface area contributed by atoms with Crippen molar-refractivity contribution in [3.63, 3.8) is 0 Å². The van der Waals surface area contributed by atoms with Gasteiger partial charge in [-0.15, -0.1) is 0 Å². The Morgan fingerprint density at radius 3 is 2.70 bits per heavy atom. The highest BCUT2D eigenvalue weighted by atomic mass is 16.5. The monoisotopic (exact) mass is 279 g/mol. The fourth-order valence-corrected chi connectivity index (χ4v) is 2.22. The van der Waals surface area contributed by atoms with E-state index in [4.69, 9.17) is 10.5 Å². The molecule has 0 aliphatic carbocycles. The zero-order valence-corrected chi connectivity index (χ0v) is 12.7. The van der Waals surface area contributed by atoms with Crippen LogP contribution in [0.3, 0.4) is 0 Å². The molecule has 0 saturated heterocycles. The number of hydrogen-bond donors (Lipinski definition) is 3. The molecule has 112 valence electrons. The number of amides is 2. The normalized spacial score (nSPS) is 13.7. The van der Waals surface area contributed by atoms with Crippen LogP contribution in [0.5, 0.6) is 5.75 Å². The maximum atomic E-state index is 12.0. The van der Waals surface area contributed by atoms with E-state index in [9.17, 15) is 4.79 Å². The number of benzene rings is 1. The molecule has 5 heteroatoms. The minimum absolute atomic E-state index is 0.258. The van der Waals surface area contributed by atoms with Crippen molar-refractivity contribution in [2.24, 2.45) is 11.7 Å². The molecule has 1 rings (SSSR count). The smallest absolute Gasteiger partial charge is 0.319 e. The Morgan fingerprint density at radius 1 is 1.45 bits per heavy atom. The highest BCUT2D eigenvalue weighted by Crippen LogP contribution is 2.18. The second kappa shape index (κ2) is 7.14. The van der Waals surface area contributed by atoms with Crippen LogP contribution in [-0.4, -0.2) is 25.2 Å². The van der Waals surface area contributed by atoms with Crippen LogP contribution in [0.2, 0.25) is 0 Å². The lowest BCUT2D eigenvalue weighted by Gasteiger charge is -2.31. The molecule has 4 N–H and O–H groups in total. The van der Waals surface area contributed by atoms with Gasteiger partial charge >= 0.3 is 6.03 Å². The van der Waals surface area contributed by atoms with E-state index in [1.165, 1.54) is 0 Å². The third kappa shape index (κ3) is 5.09. The molecule has 1 atom stereocenters. The molecule has 0 saturated carbocycles. The number of ether oxygens (including phenoxy) is 1. The topological polar surface area (TPSA) is 76.4 Å². The highest BCUT2D eigenvalue weighted by Gasteiger charge is 2.25. The molecule has 1 unspecified atom stereocenters. The van der Waals surface area contributed by atoms with E-state index in [2.05, 4.69) is 24.5 Å². The van der Waals surface area contributed by atoms with Crippen LogP contribution in [0, 0.1) is 5.92 Å². The van der Waals surface area contributed by atoms with Crippen molar-refractivity contribution in [1.29, 1.82) is 0 Å². The molecule has 1 aromatic carbocycles. The lowest BCUT2D eigenvalue weighted by atomic mass is 9.91. The number of hydrogen-bond acceptors (Lipinski definition) is 3. The van der Waals surface area contributed by atoms with Crippen molar-refractivity contribution in [3.05, 3.63) is 24.3 Å². The Morgan fingerprint density at radius 2 is 2.15 bits per heavy atom. The number of carbonyl (C=O) groups is 1. The van der Waals surface area contributed by atoms with Crippen molar-refractivity contribution in [2.45, 2.75) is 32.7 Å². The summed E-state index contributed by atoms with van der Waals surface area (Å²) in [6.45, 7) is 6.57. The predicted octanol–water partition coefficient (Wildman–Crippen LogP) is 2.58. The Hall–Kier alpha value is -1.75. The quantitative estimate of drug-likeness (QED) is 0.749. The van der Waals surface area contributed by atoms with E-state index in [0.29, 0.717) is 23.9 Å². The molecule has 0 fully saturated rings. The first-order valence-electron chi connectivity index (χ1n) is 6.82. The molecule has 5 nitrogen and oxygen atoms in total. The van der Waals surface area contributed by atoms with Crippen LogP contribution >= 0.6 is 0 Å². The first kappa shape index (κ1) is 16.3. The first-order chi connectivity index (χ1) is 9.38. The van der Waals surface area contributed by atoms with Gasteiger partial charge in [-0.25, -0.2) is 4.79 Å². The van der Waals surface area contributed by atoms with Gasteiger partial charge in [-0.1, -0.05) is 19.9 Å². The Kier molecular flexibility index (Phi) is 5.82. The number of anilines is 1. The number of rotatable bonds is 6. The van der Waals surface area contributed by atoms with Gasteiger partial charge in [0.15, 0.2) is 0 Å². The van der Waals surface area contributed by atoms with Gasteiger partial charge in [0.05, 0.1) is 12.6 Å². The summed E-state index contributed by atoms with van der Waals surface area (Å²) in [4.78, 5) is 12.0. The molecule has 0 aromatic heterocycles. The van der Waals surface area contributed by atoms with Crippen molar-refractivity contribution >= 4 is 11.7 Å². The Bertz CT molecular complexity index is 448. The second-order valence-electron chi connectivity index (χ2n) is 5.67. The van der Waals surface area contributed by atoms with E-state index in [0.717, 1.165) is 6.42 Å². The highest BCUT2D eigenvalue weighted by molar-refractivity contribution is 5.90. The lowest BCUT2D eigenvalue weighted by Crippen LogP contribution is -2.53. The van der Waals surface area contributed by atoms with E-state index >= 15 is 0 Å². The first-order valence-corrected chi connectivity index (χ1v) is 6.82. The minimum atomic E-state index is -0.406. The zero-order valence-electron chi connectivity index (χ0n) is 12.7. The van der Waals surface area contributed by atoms with Gasteiger partial charge in [0.2, 0.25) is 0 Å². The van der Waals surface area contributed by atoms with Gasteiger partial charge in [0.25, 0.3) is 0 Å². The SMILES string of the molecule is COc1cccc(NC(=O)NC(C)(CN)CC(C)C)c1. The summed E-state index contributed by atoms with van der Waals surface area (Å²) in [7, 11) is 1.59. The molecular weight excluding hydrogens is 254 g/mol. The van der Waals surface area contributed by atoms with E-state index in [1.807, 2.05) is 25.1 Å². The third-order valence-corrected chi connectivity index (χ3v) is 3.05. The van der Waals surface area contributed by atoms with E-state index in [1.54, 1.807) is 13.2 Å². The molecule has 0 bridgehead atoms. The van der Waals surface area contributed by atoms with Crippen molar-refractivity contribution in [1.82, 2.24) is 5.32 Å². The lowest BCUT2D eigenvalue weighted by molar-refractivity contribution is 0.233. The van der Waals surface area contributed by atoms with E-state index < -0.39 is 5.54 Å². The summed E-state index contributed by atoms with van der Waals surface area (Å²) in [5, 5.41) is 5.74. The second-order valence-corrected chi connectivity index (χ2v) is 5.67. The molecule has 0 radical (unpaired) electrons. The van der Waals surface area contributed by atoms with Gasteiger partial charge in [-0.05, 0) is 31.4 Å². The molecule has 0 aliphatic rings. The number of methoxy groups -OCH3 is 1. The summed E-state index contributed by atoms with van der Waals surface area (Å²) in [6, 6.07) is 6.97. The summed E-state index contributed by atoms with van der Waals surface area (Å²) in [5.41, 5.74) is 6.06. The number of nitrogens with one attached hydrogen (secondary N) is 2. The van der Waals surface area contributed by atoms with Crippen LogP contribution in [0.1, 0.15) is 27.2 Å². The van der Waals surface area contributed by atoms with Crippen LogP contribution in [0.4, 0.5) is 10.5 Å². The number of nitrogens with two attached hydrogens (primary N) is 1. The average Bonchev–Trinajstić information content (AvgIpc) is 2.37. The fourth-order valence-electron chi connectivity index (χ4n) is 2.22. The molecular formula is C15H25N3O2. The molecule has 0 aliphatic heterocycles. The van der Waals surface area contributed by atoms with Crippen LogP contribution in [0.25, 0.3) is 0 Å². The standard InChI is InChI=1S/C15H25N3O2/c1-11(2)9-15(3,10-16)18-14(19)17-12-6-5-7-13(8-12)20-4/h5-8,11H,9-10,16H2,1-4H3,(H2,17,18,19). The molecule has 0 heterocycles. The fraction of sp³-hybridized carbons (Fsp3) is 0.533. The zero-order chi connectivity index (χ0) is 15.2. The van der Waals surface area contributed by atoms with Crippen LogP contribution in [-0.2, 0) is 0 Å². The Balaban J connectivity index is 2.66. The molecule has 2 amide bonds. The van der Waals surface area contributed by atoms with Gasteiger partial charge < -0.3 is 21.1 Å². The summed E-state index contributed by atoms with van der Waals surface area (Å²) in [5.74, 6) is 1.16. The predicted molar refractivity (Wildman–Crippen MR) is 82.1 cm³/mol. The van der Waals surface area contributed by atoms with Crippen molar-refractivity contribution in [2.75, 3.05) is 19.0 Å². The van der Waals surface area contributed by atoms with Gasteiger partial charge in [0, 0.05) is 18.3 Å². The molecule has 20 heavy (non-hydrogen) atoms. The maximum absolute atomic E-state index is 12.0. The maximum Gasteiger partial charge on any atom is 0.319 e.